The zero-order chi connectivity index (χ0) is 6.95. The van der Waals surface area contributed by atoms with Gasteiger partial charge >= 0.3 is 0 Å². The quantitative estimate of drug-likeness (QED) is 0.461. The minimum atomic E-state index is 0.982. The first kappa shape index (κ1) is 9.91. The molecular formula is C7H16BrP. The van der Waals surface area contributed by atoms with Gasteiger partial charge in [-0.2, -0.15) is 0 Å². The van der Waals surface area contributed by atoms with E-state index in [0.717, 1.165) is 7.28 Å². The van der Waals surface area contributed by atoms with Crippen LogP contribution in [0.15, 0.2) is 0 Å². The van der Waals surface area contributed by atoms with Gasteiger partial charge in [0.1, 0.15) is 0 Å². The molecule has 0 aromatic rings. The largest absolute Gasteiger partial charge is 0.0654 e. The molecule has 0 radical (unpaired) electrons. The molecule has 0 aliphatic rings. The normalized spacial score (nSPS) is 11.3. The number of halogens is 1. The zero-order valence-corrected chi connectivity index (χ0v) is 8.71. The standard InChI is InChI=1S/C7H16BrP/c1-2-3-4-5-6-7-9-8/h9H,2-7H2,1H3. The van der Waals surface area contributed by atoms with E-state index in [1.807, 2.05) is 0 Å². The molecule has 0 saturated carbocycles. The first-order valence-electron chi connectivity index (χ1n) is 3.75. The van der Waals surface area contributed by atoms with Crippen molar-refractivity contribution < 1.29 is 0 Å². The minimum Gasteiger partial charge on any atom is -0.0654 e. The molecule has 1 atom stereocenters. The first-order chi connectivity index (χ1) is 4.41. The molecule has 0 saturated heterocycles. The third-order valence-electron chi connectivity index (χ3n) is 1.37. The van der Waals surface area contributed by atoms with Gasteiger partial charge in [0, 0.05) is 0 Å². The molecule has 2 heteroatoms. The van der Waals surface area contributed by atoms with Crippen molar-refractivity contribution in [3.05, 3.63) is 0 Å². The van der Waals surface area contributed by atoms with Gasteiger partial charge in [-0.3, -0.25) is 0 Å². The topological polar surface area (TPSA) is 0 Å². The maximum absolute atomic E-state index is 3.45. The Balaban J connectivity index is 2.60. The molecule has 0 aromatic carbocycles. The summed E-state index contributed by atoms with van der Waals surface area (Å²) in [5, 5.41) is 0. The van der Waals surface area contributed by atoms with Crippen molar-refractivity contribution in [2.24, 2.45) is 0 Å². The van der Waals surface area contributed by atoms with Gasteiger partial charge in [-0.25, -0.2) is 0 Å². The summed E-state index contributed by atoms with van der Waals surface area (Å²) in [7, 11) is 0.982. The highest BCUT2D eigenvalue weighted by molar-refractivity contribution is 9.36. The summed E-state index contributed by atoms with van der Waals surface area (Å²) in [5.41, 5.74) is 0. The second kappa shape index (κ2) is 8.91. The maximum Gasteiger partial charge on any atom is -0.0255 e. The van der Waals surface area contributed by atoms with Crippen LogP contribution in [-0.4, -0.2) is 6.16 Å². The van der Waals surface area contributed by atoms with Crippen LogP contribution in [0.2, 0.25) is 0 Å². The number of hydrogen-bond acceptors (Lipinski definition) is 0. The molecule has 0 fully saturated rings. The van der Waals surface area contributed by atoms with E-state index in [1.165, 1.54) is 38.3 Å². The van der Waals surface area contributed by atoms with Crippen LogP contribution in [-0.2, 0) is 0 Å². The number of rotatable bonds is 6. The van der Waals surface area contributed by atoms with E-state index < -0.39 is 0 Å². The lowest BCUT2D eigenvalue weighted by Gasteiger charge is -1.95. The van der Waals surface area contributed by atoms with E-state index in [9.17, 15) is 0 Å². The predicted octanol–water partition coefficient (Wildman–Crippen LogP) is 3.95. The van der Waals surface area contributed by atoms with Crippen LogP contribution in [0.3, 0.4) is 0 Å². The summed E-state index contributed by atoms with van der Waals surface area (Å²) in [4.78, 5) is 0. The van der Waals surface area contributed by atoms with Gasteiger partial charge in [-0.05, 0) is 12.6 Å². The average Bonchev–Trinajstić information content (AvgIpc) is 1.89. The minimum absolute atomic E-state index is 0.982. The molecule has 0 bridgehead atoms. The summed E-state index contributed by atoms with van der Waals surface area (Å²) in [6, 6.07) is 0. The number of hydrogen-bond donors (Lipinski definition) is 0. The molecular weight excluding hydrogens is 195 g/mol. The fraction of sp³-hybridized carbons (Fsp3) is 1.00. The lowest BCUT2D eigenvalue weighted by atomic mass is 10.2. The maximum atomic E-state index is 3.45. The fourth-order valence-electron chi connectivity index (χ4n) is 0.795. The highest BCUT2D eigenvalue weighted by atomic mass is 79.9. The molecule has 0 aliphatic heterocycles. The van der Waals surface area contributed by atoms with E-state index in [-0.39, 0.29) is 0 Å². The van der Waals surface area contributed by atoms with Crippen molar-refractivity contribution in [1.29, 1.82) is 0 Å². The van der Waals surface area contributed by atoms with Gasteiger partial charge in [-0.1, -0.05) is 55.4 Å². The lowest BCUT2D eigenvalue weighted by Crippen LogP contribution is -1.77. The Morgan fingerprint density at radius 1 is 1.11 bits per heavy atom. The third-order valence-corrected chi connectivity index (χ3v) is 3.11. The molecule has 0 rings (SSSR count). The Morgan fingerprint density at radius 2 is 1.78 bits per heavy atom. The summed E-state index contributed by atoms with van der Waals surface area (Å²) in [6.07, 6.45) is 8.45. The lowest BCUT2D eigenvalue weighted by molar-refractivity contribution is 0.659. The van der Waals surface area contributed by atoms with Gasteiger partial charge < -0.3 is 0 Å². The van der Waals surface area contributed by atoms with Crippen molar-refractivity contribution in [3.63, 3.8) is 0 Å². The molecule has 9 heavy (non-hydrogen) atoms. The Hall–Kier alpha value is 0.910. The van der Waals surface area contributed by atoms with Crippen molar-refractivity contribution >= 4 is 22.8 Å². The molecule has 0 amide bonds. The van der Waals surface area contributed by atoms with E-state index in [0.29, 0.717) is 0 Å². The van der Waals surface area contributed by atoms with Gasteiger partial charge in [0.15, 0.2) is 0 Å². The van der Waals surface area contributed by atoms with Crippen LogP contribution in [0.5, 0.6) is 0 Å². The molecule has 0 N–H and O–H groups in total. The Kier molecular flexibility index (Phi) is 9.81. The molecule has 0 heterocycles. The van der Waals surface area contributed by atoms with Crippen molar-refractivity contribution in [2.45, 2.75) is 39.0 Å². The van der Waals surface area contributed by atoms with Crippen molar-refractivity contribution in [2.75, 3.05) is 6.16 Å². The second-order valence-electron chi connectivity index (χ2n) is 2.30. The molecule has 0 nitrogen and oxygen atoms in total. The van der Waals surface area contributed by atoms with Crippen LogP contribution < -0.4 is 0 Å². The fourth-order valence-corrected chi connectivity index (χ4v) is 2.02. The van der Waals surface area contributed by atoms with Crippen molar-refractivity contribution in [3.8, 4) is 0 Å². The monoisotopic (exact) mass is 210 g/mol. The van der Waals surface area contributed by atoms with Crippen LogP contribution in [0.4, 0.5) is 0 Å². The molecule has 1 unspecified atom stereocenters. The highest BCUT2D eigenvalue weighted by Crippen LogP contribution is 2.21. The van der Waals surface area contributed by atoms with E-state index in [1.54, 1.807) is 0 Å². The summed E-state index contributed by atoms with van der Waals surface area (Å²) >= 11 is 3.45. The van der Waals surface area contributed by atoms with Gasteiger partial charge in [0.25, 0.3) is 0 Å². The van der Waals surface area contributed by atoms with Gasteiger partial charge in [0.05, 0.1) is 0 Å². The van der Waals surface area contributed by atoms with Crippen LogP contribution in [0.25, 0.3) is 0 Å². The summed E-state index contributed by atoms with van der Waals surface area (Å²) in [6.45, 7) is 2.26. The van der Waals surface area contributed by atoms with Gasteiger partial charge in [-0.15, -0.1) is 0 Å². The molecule has 0 aliphatic carbocycles. The smallest absolute Gasteiger partial charge is 0.0255 e. The predicted molar refractivity (Wildman–Crippen MR) is 50.9 cm³/mol. The van der Waals surface area contributed by atoms with E-state index >= 15 is 0 Å². The van der Waals surface area contributed by atoms with E-state index in [4.69, 9.17) is 0 Å². The Bertz CT molecular complexity index is 42.2. The SMILES string of the molecule is CCCCCCCPBr. The zero-order valence-electron chi connectivity index (χ0n) is 6.12. The molecule has 0 spiro atoms. The average molecular weight is 211 g/mol. The second-order valence-corrected chi connectivity index (χ2v) is 4.75. The molecule has 0 aromatic heterocycles. The summed E-state index contributed by atoms with van der Waals surface area (Å²) < 4.78 is 0. The van der Waals surface area contributed by atoms with Crippen LogP contribution >= 0.6 is 22.8 Å². The number of unbranched alkanes of at least 4 members (excludes halogenated alkanes) is 4. The Labute approximate surface area is 68.3 Å². The van der Waals surface area contributed by atoms with Crippen LogP contribution in [0.1, 0.15) is 39.0 Å². The molecule has 56 valence electrons. The van der Waals surface area contributed by atoms with Crippen LogP contribution in [0, 0.1) is 0 Å². The Morgan fingerprint density at radius 3 is 2.33 bits per heavy atom. The van der Waals surface area contributed by atoms with Crippen molar-refractivity contribution in [1.82, 2.24) is 0 Å². The summed E-state index contributed by atoms with van der Waals surface area (Å²) in [5.74, 6) is 0. The third kappa shape index (κ3) is 8.91. The highest BCUT2D eigenvalue weighted by Gasteiger charge is 1.86. The van der Waals surface area contributed by atoms with Gasteiger partial charge in [0.2, 0.25) is 0 Å². The van der Waals surface area contributed by atoms with E-state index in [2.05, 4.69) is 22.4 Å². The first-order valence-corrected chi connectivity index (χ1v) is 7.21.